The van der Waals surface area contributed by atoms with E-state index in [-0.39, 0.29) is 0 Å². The maximum absolute atomic E-state index is 8.96. The molecule has 1 N–H and O–H groups in total. The van der Waals surface area contributed by atoms with Gasteiger partial charge in [-0.2, -0.15) is 0 Å². The van der Waals surface area contributed by atoms with Crippen LogP contribution in [0.5, 0.6) is 0 Å². The summed E-state index contributed by atoms with van der Waals surface area (Å²) in [5, 5.41) is 8.96. The Balaban J connectivity index is 1.68. The van der Waals surface area contributed by atoms with Crippen LogP contribution in [0.4, 0.5) is 0 Å². The molecule has 1 aliphatic heterocycles. The Kier molecular flexibility index (Phi) is 2.66. The van der Waals surface area contributed by atoms with Gasteiger partial charge in [-0.3, -0.25) is 0 Å². The maximum atomic E-state index is 8.96. The molecule has 2 nitrogen and oxygen atoms in total. The molecule has 1 atom stereocenters. The Morgan fingerprint density at radius 2 is 2.00 bits per heavy atom. The molecule has 0 amide bonds. The lowest BCUT2D eigenvalue weighted by molar-refractivity contribution is 0.184. The third-order valence-electron chi connectivity index (χ3n) is 3.37. The van der Waals surface area contributed by atoms with Crippen LogP contribution in [-0.2, 0) is 0 Å². The summed E-state index contributed by atoms with van der Waals surface area (Å²) in [6.45, 7) is 4.06. The van der Waals surface area contributed by atoms with E-state index in [0.29, 0.717) is 12.5 Å². The molecule has 0 bridgehead atoms. The molecule has 1 aliphatic carbocycles. The molecule has 1 saturated carbocycles. The lowest BCUT2D eigenvalue weighted by atomic mass is 9.85. The van der Waals surface area contributed by atoms with Gasteiger partial charge in [-0.05, 0) is 37.6 Å². The van der Waals surface area contributed by atoms with Crippen LogP contribution < -0.4 is 0 Å². The lowest BCUT2D eigenvalue weighted by Gasteiger charge is -2.29. The number of aliphatic hydroxyl groups excluding tert-OH is 1. The number of likely N-dealkylation sites (tertiary alicyclic amines) is 1. The summed E-state index contributed by atoms with van der Waals surface area (Å²) in [6, 6.07) is 0. The van der Waals surface area contributed by atoms with Crippen molar-refractivity contribution >= 4 is 0 Å². The van der Waals surface area contributed by atoms with Crippen LogP contribution in [0.15, 0.2) is 0 Å². The van der Waals surface area contributed by atoms with Gasteiger partial charge in [-0.15, -0.1) is 0 Å². The van der Waals surface area contributed by atoms with E-state index in [0.717, 1.165) is 12.5 Å². The maximum Gasteiger partial charge on any atom is 0.0471 e. The summed E-state index contributed by atoms with van der Waals surface area (Å²) >= 11 is 0. The van der Waals surface area contributed by atoms with Crippen molar-refractivity contribution in [3.8, 4) is 0 Å². The summed E-state index contributed by atoms with van der Waals surface area (Å²) in [5.41, 5.74) is 0. The van der Waals surface area contributed by atoms with Gasteiger partial charge >= 0.3 is 0 Å². The van der Waals surface area contributed by atoms with E-state index in [9.17, 15) is 0 Å². The number of rotatable bonds is 3. The highest BCUT2D eigenvalue weighted by Gasteiger charge is 2.26. The molecule has 0 radical (unpaired) electrons. The van der Waals surface area contributed by atoms with Gasteiger partial charge < -0.3 is 10.0 Å². The molecule has 0 aromatic carbocycles. The summed E-state index contributed by atoms with van der Waals surface area (Å²) in [4.78, 5) is 2.53. The Labute approximate surface area is 74.6 Å². The summed E-state index contributed by atoms with van der Waals surface area (Å²) in [6.07, 6.45) is 5.55. The van der Waals surface area contributed by atoms with E-state index < -0.39 is 0 Å². The molecule has 1 heterocycles. The van der Waals surface area contributed by atoms with E-state index >= 15 is 0 Å². The zero-order chi connectivity index (χ0) is 8.39. The second-order valence-electron chi connectivity index (χ2n) is 4.39. The van der Waals surface area contributed by atoms with E-state index in [1.54, 1.807) is 0 Å². The smallest absolute Gasteiger partial charge is 0.0471 e. The SMILES string of the molecule is OC[C@@H]1CCN(CC2CCC2)C1. The normalized spacial score (nSPS) is 32.2. The minimum Gasteiger partial charge on any atom is -0.396 e. The van der Waals surface area contributed by atoms with Gasteiger partial charge in [0, 0.05) is 19.7 Å². The third kappa shape index (κ3) is 1.80. The van der Waals surface area contributed by atoms with Crippen LogP contribution in [0, 0.1) is 11.8 Å². The quantitative estimate of drug-likeness (QED) is 0.684. The van der Waals surface area contributed by atoms with Crippen LogP contribution in [0.2, 0.25) is 0 Å². The van der Waals surface area contributed by atoms with Crippen molar-refractivity contribution in [2.75, 3.05) is 26.2 Å². The van der Waals surface area contributed by atoms with Gasteiger partial charge in [0.1, 0.15) is 0 Å². The third-order valence-corrected chi connectivity index (χ3v) is 3.37. The molecule has 2 fully saturated rings. The van der Waals surface area contributed by atoms with E-state index in [1.807, 2.05) is 0 Å². The van der Waals surface area contributed by atoms with Crippen LogP contribution >= 0.6 is 0 Å². The highest BCUT2D eigenvalue weighted by atomic mass is 16.3. The van der Waals surface area contributed by atoms with E-state index in [2.05, 4.69) is 4.90 Å². The highest BCUT2D eigenvalue weighted by Crippen LogP contribution is 2.28. The number of hydrogen-bond acceptors (Lipinski definition) is 2. The largest absolute Gasteiger partial charge is 0.396 e. The van der Waals surface area contributed by atoms with Gasteiger partial charge in [0.05, 0.1) is 0 Å². The van der Waals surface area contributed by atoms with Crippen molar-refractivity contribution in [1.29, 1.82) is 0 Å². The first kappa shape index (κ1) is 8.52. The van der Waals surface area contributed by atoms with E-state index in [1.165, 1.54) is 38.8 Å². The molecule has 2 aliphatic rings. The Morgan fingerprint density at radius 3 is 2.50 bits per heavy atom. The molecule has 2 rings (SSSR count). The second kappa shape index (κ2) is 3.75. The van der Waals surface area contributed by atoms with E-state index in [4.69, 9.17) is 5.11 Å². The molecule has 12 heavy (non-hydrogen) atoms. The Bertz CT molecular complexity index is 145. The summed E-state index contributed by atoms with van der Waals surface area (Å²) in [5.74, 6) is 1.56. The average molecular weight is 169 g/mol. The van der Waals surface area contributed by atoms with Crippen LogP contribution in [0.25, 0.3) is 0 Å². The van der Waals surface area contributed by atoms with Crippen molar-refractivity contribution in [2.24, 2.45) is 11.8 Å². The molecular formula is C10H19NO. The molecule has 0 spiro atoms. The summed E-state index contributed by atoms with van der Waals surface area (Å²) in [7, 11) is 0. The number of aliphatic hydroxyl groups is 1. The van der Waals surface area contributed by atoms with Crippen molar-refractivity contribution in [2.45, 2.75) is 25.7 Å². The lowest BCUT2D eigenvalue weighted by Crippen LogP contribution is -2.31. The molecule has 0 aromatic rings. The summed E-state index contributed by atoms with van der Waals surface area (Å²) < 4.78 is 0. The van der Waals surface area contributed by atoms with Crippen molar-refractivity contribution in [3.05, 3.63) is 0 Å². The molecule has 0 aromatic heterocycles. The second-order valence-corrected chi connectivity index (χ2v) is 4.39. The highest BCUT2D eigenvalue weighted by molar-refractivity contribution is 4.79. The predicted molar refractivity (Wildman–Crippen MR) is 49.0 cm³/mol. The topological polar surface area (TPSA) is 23.5 Å². The first-order chi connectivity index (χ1) is 5.88. The van der Waals surface area contributed by atoms with Crippen molar-refractivity contribution < 1.29 is 5.11 Å². The van der Waals surface area contributed by atoms with Gasteiger partial charge in [-0.25, -0.2) is 0 Å². The fourth-order valence-corrected chi connectivity index (χ4v) is 2.27. The molecule has 0 unspecified atom stereocenters. The minimum absolute atomic E-state index is 0.390. The first-order valence-electron chi connectivity index (χ1n) is 5.21. The van der Waals surface area contributed by atoms with Gasteiger partial charge in [0.15, 0.2) is 0 Å². The van der Waals surface area contributed by atoms with Gasteiger partial charge in [-0.1, -0.05) is 6.42 Å². The number of hydrogen-bond donors (Lipinski definition) is 1. The Morgan fingerprint density at radius 1 is 1.17 bits per heavy atom. The fourth-order valence-electron chi connectivity index (χ4n) is 2.27. The fraction of sp³-hybridized carbons (Fsp3) is 1.00. The van der Waals surface area contributed by atoms with Crippen LogP contribution in [0.3, 0.4) is 0 Å². The van der Waals surface area contributed by atoms with Gasteiger partial charge in [0.2, 0.25) is 0 Å². The standard InChI is InChI=1S/C10H19NO/c12-8-10-4-5-11(7-10)6-9-2-1-3-9/h9-10,12H,1-8H2/t10-/m1/s1. The van der Waals surface area contributed by atoms with Gasteiger partial charge in [0.25, 0.3) is 0 Å². The van der Waals surface area contributed by atoms with Crippen LogP contribution in [-0.4, -0.2) is 36.2 Å². The molecule has 1 saturated heterocycles. The monoisotopic (exact) mass is 169 g/mol. The molecular weight excluding hydrogens is 150 g/mol. The predicted octanol–water partition coefficient (Wildman–Crippen LogP) is 1.10. The first-order valence-corrected chi connectivity index (χ1v) is 5.21. The van der Waals surface area contributed by atoms with Crippen molar-refractivity contribution in [3.63, 3.8) is 0 Å². The zero-order valence-electron chi connectivity index (χ0n) is 7.71. The molecule has 2 heteroatoms. The zero-order valence-corrected chi connectivity index (χ0v) is 7.71. The average Bonchev–Trinajstić information content (AvgIpc) is 2.44. The van der Waals surface area contributed by atoms with Crippen molar-refractivity contribution in [1.82, 2.24) is 4.90 Å². The molecule has 70 valence electrons. The van der Waals surface area contributed by atoms with Crippen LogP contribution in [0.1, 0.15) is 25.7 Å². The minimum atomic E-state index is 0.390. The number of nitrogens with zero attached hydrogens (tertiary/aromatic N) is 1. The Hall–Kier alpha value is -0.0800.